The molecule has 0 fully saturated rings. The van der Waals surface area contributed by atoms with Crippen LogP contribution in [0.1, 0.15) is 37.7 Å². The van der Waals surface area contributed by atoms with E-state index in [2.05, 4.69) is 29.6 Å². The third-order valence-electron chi connectivity index (χ3n) is 7.48. The van der Waals surface area contributed by atoms with E-state index < -0.39 is 11.9 Å². The Hall–Kier alpha value is -6.60. The molecule has 4 aromatic heterocycles. The number of halogens is 2. The number of carboxylic acids is 1. The number of hydrogen-bond donors (Lipinski definition) is 1. The first kappa shape index (κ1) is 34.3. The van der Waals surface area contributed by atoms with Gasteiger partial charge in [0.25, 0.3) is 0 Å². The molecule has 0 saturated carbocycles. The summed E-state index contributed by atoms with van der Waals surface area (Å²) >= 11 is 12.0. The van der Waals surface area contributed by atoms with Crippen molar-refractivity contribution in [1.82, 2.24) is 29.1 Å². The summed E-state index contributed by atoms with van der Waals surface area (Å²) in [4.78, 5) is 46.3. The van der Waals surface area contributed by atoms with Crippen LogP contribution in [-0.2, 0) is 24.4 Å². The van der Waals surface area contributed by atoms with Crippen LogP contribution in [0.4, 0.5) is 11.9 Å². The van der Waals surface area contributed by atoms with Gasteiger partial charge in [-0.05, 0) is 53.1 Å². The summed E-state index contributed by atoms with van der Waals surface area (Å²) in [6.45, 7) is 15.3. The van der Waals surface area contributed by atoms with Gasteiger partial charge in [0.15, 0.2) is 0 Å². The molecular formula is C37H24Cl2N8O4. The standard InChI is InChI=1S/C22H15ClN4O2.C15H9ClN4O2/c1-24-22-26-20(21(28)29-14-15-5-3-2-4-6-15)13-27(22)12-16-7-8-19-17(9-16)10-18(23)11-25-19;1-17-15-19-13(14(21)22)8-20(15)7-9-2-3-12-10(4-9)5-11(16)6-18-12/h2-11,13H,12,14H2;2-6,8H,7H2,(H,21,22). The van der Waals surface area contributed by atoms with E-state index in [1.54, 1.807) is 29.2 Å². The average molecular weight is 716 g/mol. The fraction of sp³-hybridized carbons (Fsp3) is 0.0811. The zero-order valence-corrected chi connectivity index (χ0v) is 28.0. The number of aromatic carboxylic acids is 1. The van der Waals surface area contributed by atoms with Crippen LogP contribution < -0.4 is 0 Å². The van der Waals surface area contributed by atoms with Gasteiger partial charge in [0.05, 0.1) is 46.6 Å². The number of aromatic nitrogens is 6. The third-order valence-corrected chi connectivity index (χ3v) is 7.90. The molecule has 0 atom stereocenters. The summed E-state index contributed by atoms with van der Waals surface area (Å²) in [5.41, 5.74) is 4.33. The number of carbonyl (C=O) groups excluding carboxylic acids is 1. The van der Waals surface area contributed by atoms with Crippen molar-refractivity contribution in [3.8, 4) is 0 Å². The first-order valence-corrected chi connectivity index (χ1v) is 15.9. The van der Waals surface area contributed by atoms with Gasteiger partial charge in [0.2, 0.25) is 11.4 Å². The fourth-order valence-corrected chi connectivity index (χ4v) is 5.45. The predicted molar refractivity (Wildman–Crippen MR) is 191 cm³/mol. The highest BCUT2D eigenvalue weighted by Crippen LogP contribution is 2.23. The number of pyridine rings is 2. The van der Waals surface area contributed by atoms with Gasteiger partial charge >= 0.3 is 23.8 Å². The summed E-state index contributed by atoms with van der Waals surface area (Å²) < 4.78 is 8.45. The maximum absolute atomic E-state index is 12.3. The number of rotatable bonds is 8. The molecule has 0 amide bonds. The highest BCUT2D eigenvalue weighted by atomic mass is 35.5. The van der Waals surface area contributed by atoms with Crippen LogP contribution in [0.25, 0.3) is 31.5 Å². The number of fused-ring (bicyclic) bond motifs is 2. The van der Waals surface area contributed by atoms with E-state index in [-0.39, 0.29) is 29.9 Å². The van der Waals surface area contributed by atoms with Crippen molar-refractivity contribution in [3.63, 3.8) is 0 Å². The Kier molecular flexibility index (Phi) is 10.3. The zero-order chi connectivity index (χ0) is 35.9. The molecule has 14 heteroatoms. The SMILES string of the molecule is [C-]#[N+]c1nc(C(=O)O)cn1Cc1ccc2ncc(Cl)cc2c1.[C-]#[N+]c1nc(C(=O)OCc2ccccc2)cn1Cc1ccc2ncc(Cl)cc2c1. The van der Waals surface area contributed by atoms with Crippen molar-refractivity contribution in [2.75, 3.05) is 0 Å². The van der Waals surface area contributed by atoms with Crippen LogP contribution in [0.3, 0.4) is 0 Å². The van der Waals surface area contributed by atoms with Gasteiger partial charge in [-0.3, -0.25) is 19.1 Å². The van der Waals surface area contributed by atoms with E-state index in [0.29, 0.717) is 23.1 Å². The molecule has 0 aliphatic rings. The van der Waals surface area contributed by atoms with Crippen LogP contribution in [0.5, 0.6) is 0 Å². The van der Waals surface area contributed by atoms with E-state index in [1.165, 1.54) is 10.8 Å². The molecule has 3 aromatic carbocycles. The molecule has 7 aromatic rings. The summed E-state index contributed by atoms with van der Waals surface area (Å²) in [5, 5.41) is 11.8. The first-order chi connectivity index (χ1) is 24.7. The monoisotopic (exact) mass is 714 g/mol. The van der Waals surface area contributed by atoms with Crippen LogP contribution >= 0.6 is 23.2 Å². The number of imidazole rings is 2. The molecule has 51 heavy (non-hydrogen) atoms. The maximum Gasteiger partial charge on any atom is 0.375 e. The topological polar surface area (TPSA) is 134 Å². The van der Waals surface area contributed by atoms with Crippen molar-refractivity contribution >= 4 is 68.8 Å². The van der Waals surface area contributed by atoms with Crippen molar-refractivity contribution in [1.29, 1.82) is 0 Å². The smallest absolute Gasteiger partial charge is 0.375 e. The summed E-state index contributed by atoms with van der Waals surface area (Å²) in [7, 11) is 0. The molecule has 12 nitrogen and oxygen atoms in total. The van der Waals surface area contributed by atoms with E-state index in [0.717, 1.165) is 38.5 Å². The highest BCUT2D eigenvalue weighted by molar-refractivity contribution is 6.31. The van der Waals surface area contributed by atoms with Gasteiger partial charge in [-0.25, -0.2) is 9.59 Å². The Morgan fingerprint density at radius 3 is 1.73 bits per heavy atom. The number of ether oxygens (including phenoxy) is 1. The van der Waals surface area contributed by atoms with E-state index >= 15 is 0 Å². The molecule has 0 bridgehead atoms. The summed E-state index contributed by atoms with van der Waals surface area (Å²) in [5.74, 6) is -1.55. The molecule has 7 rings (SSSR count). The lowest BCUT2D eigenvalue weighted by atomic mass is 10.1. The first-order valence-electron chi connectivity index (χ1n) is 15.1. The van der Waals surface area contributed by atoms with Crippen molar-refractivity contribution in [2.24, 2.45) is 0 Å². The molecule has 0 saturated heterocycles. The van der Waals surface area contributed by atoms with E-state index in [9.17, 15) is 9.59 Å². The van der Waals surface area contributed by atoms with E-state index in [1.807, 2.05) is 72.8 Å². The summed E-state index contributed by atoms with van der Waals surface area (Å²) in [6.07, 6.45) is 6.08. The van der Waals surface area contributed by atoms with E-state index in [4.69, 9.17) is 46.2 Å². The molecule has 0 spiro atoms. The molecule has 250 valence electrons. The second-order valence-electron chi connectivity index (χ2n) is 11.1. The second kappa shape index (κ2) is 15.3. The quantitative estimate of drug-likeness (QED) is 0.122. The molecule has 0 aliphatic carbocycles. The Morgan fingerprint density at radius 2 is 1.22 bits per heavy atom. The van der Waals surface area contributed by atoms with Crippen LogP contribution in [-0.4, -0.2) is 46.1 Å². The minimum Gasteiger partial charge on any atom is -0.475 e. The van der Waals surface area contributed by atoms with Crippen molar-refractivity contribution in [2.45, 2.75) is 19.7 Å². The number of esters is 1. The van der Waals surface area contributed by atoms with Gasteiger partial charge in [-0.1, -0.05) is 65.7 Å². The molecule has 1 N–H and O–H groups in total. The third kappa shape index (κ3) is 8.35. The minimum absolute atomic E-state index is 0.0433. The molecule has 0 aliphatic heterocycles. The zero-order valence-electron chi connectivity index (χ0n) is 26.4. The fourth-order valence-electron chi connectivity index (χ4n) is 5.12. The minimum atomic E-state index is -1.15. The Labute approximate surface area is 300 Å². The van der Waals surface area contributed by atoms with Crippen LogP contribution in [0.2, 0.25) is 10.0 Å². The predicted octanol–water partition coefficient (Wildman–Crippen LogP) is 8.42. The van der Waals surface area contributed by atoms with Crippen LogP contribution in [0.15, 0.2) is 104 Å². The molecular weight excluding hydrogens is 691 g/mol. The molecule has 0 radical (unpaired) electrons. The largest absolute Gasteiger partial charge is 0.475 e. The van der Waals surface area contributed by atoms with Gasteiger partial charge in [0.1, 0.15) is 6.61 Å². The van der Waals surface area contributed by atoms with Crippen molar-refractivity contribution < 1.29 is 19.4 Å². The second-order valence-corrected chi connectivity index (χ2v) is 11.9. The maximum atomic E-state index is 12.3. The number of carboxylic acid groups (broad SMARTS) is 1. The average Bonchev–Trinajstić information content (AvgIpc) is 3.75. The van der Waals surface area contributed by atoms with Gasteiger partial charge in [-0.2, -0.15) is 0 Å². The number of carbonyl (C=O) groups is 2. The Balaban J connectivity index is 0.000000183. The Morgan fingerprint density at radius 1 is 0.706 bits per heavy atom. The number of benzene rings is 3. The molecule has 0 unspecified atom stereocenters. The lowest BCUT2D eigenvalue weighted by molar-refractivity contribution is 0.0466. The lowest BCUT2D eigenvalue weighted by Gasteiger charge is -2.05. The number of nitrogens with zero attached hydrogens (tertiary/aromatic N) is 8. The normalized spacial score (nSPS) is 10.6. The highest BCUT2D eigenvalue weighted by Gasteiger charge is 2.20. The molecule has 4 heterocycles. The van der Waals surface area contributed by atoms with Crippen molar-refractivity contribution in [3.05, 3.63) is 165 Å². The van der Waals surface area contributed by atoms with Gasteiger partial charge in [0, 0.05) is 23.2 Å². The van der Waals surface area contributed by atoms with Gasteiger partial charge in [-0.15, -0.1) is 23.1 Å². The summed E-state index contributed by atoms with van der Waals surface area (Å²) in [6, 6.07) is 24.4. The number of hydrogen-bond acceptors (Lipinski definition) is 7. The Bertz CT molecular complexity index is 2500. The van der Waals surface area contributed by atoms with Gasteiger partial charge < -0.3 is 19.5 Å². The van der Waals surface area contributed by atoms with Crippen LogP contribution in [0, 0.1) is 13.1 Å². The lowest BCUT2D eigenvalue weighted by Crippen LogP contribution is -2.05.